The standard InChI is InChI=1S/C18H18BrNO5/c1-10-4-7-15(14(19)8-10)20-17(22)11(2)25-18(23)13-6-5-12(24-3)9-16(13)21/h4-9,11,21H,1-3H3,(H,20,22)/t11-/m0/s1. The molecule has 0 saturated carbocycles. The number of phenols is 1. The summed E-state index contributed by atoms with van der Waals surface area (Å²) in [7, 11) is 1.45. The van der Waals surface area contributed by atoms with Crippen molar-refractivity contribution in [3.8, 4) is 11.5 Å². The van der Waals surface area contributed by atoms with Gasteiger partial charge in [0.05, 0.1) is 12.8 Å². The molecule has 1 amide bonds. The van der Waals surface area contributed by atoms with Crippen LogP contribution in [0.1, 0.15) is 22.8 Å². The molecule has 0 heterocycles. The number of anilines is 1. The molecule has 0 aliphatic carbocycles. The molecule has 2 N–H and O–H groups in total. The van der Waals surface area contributed by atoms with Gasteiger partial charge in [0.2, 0.25) is 0 Å². The quantitative estimate of drug-likeness (QED) is 0.738. The van der Waals surface area contributed by atoms with Crippen LogP contribution in [0.15, 0.2) is 40.9 Å². The summed E-state index contributed by atoms with van der Waals surface area (Å²) in [6.07, 6.45) is -1.04. The number of carbonyl (C=O) groups is 2. The smallest absolute Gasteiger partial charge is 0.342 e. The Morgan fingerprint density at radius 3 is 2.52 bits per heavy atom. The van der Waals surface area contributed by atoms with E-state index in [0.29, 0.717) is 11.4 Å². The normalized spacial score (nSPS) is 11.5. The molecular formula is C18H18BrNO5. The van der Waals surface area contributed by atoms with E-state index in [1.165, 1.54) is 32.2 Å². The lowest BCUT2D eigenvalue weighted by Gasteiger charge is -2.15. The number of nitrogens with one attached hydrogen (secondary N) is 1. The van der Waals surface area contributed by atoms with Gasteiger partial charge in [0.25, 0.3) is 5.91 Å². The number of rotatable bonds is 5. The van der Waals surface area contributed by atoms with Gasteiger partial charge in [0.15, 0.2) is 6.10 Å². The first-order valence-electron chi connectivity index (χ1n) is 7.47. The number of aryl methyl sites for hydroxylation is 1. The summed E-state index contributed by atoms with van der Waals surface area (Å²) in [5.41, 5.74) is 1.57. The Hall–Kier alpha value is -2.54. The summed E-state index contributed by atoms with van der Waals surface area (Å²) in [4.78, 5) is 24.3. The van der Waals surface area contributed by atoms with Gasteiger partial charge in [-0.05, 0) is 59.6 Å². The Morgan fingerprint density at radius 1 is 1.20 bits per heavy atom. The van der Waals surface area contributed by atoms with Crippen molar-refractivity contribution < 1.29 is 24.2 Å². The number of ether oxygens (including phenoxy) is 2. The number of benzene rings is 2. The molecule has 2 aromatic carbocycles. The maximum Gasteiger partial charge on any atom is 0.342 e. The molecule has 0 saturated heterocycles. The first-order chi connectivity index (χ1) is 11.8. The van der Waals surface area contributed by atoms with Crippen LogP contribution in [0.4, 0.5) is 5.69 Å². The molecule has 2 rings (SSSR count). The molecule has 0 fully saturated rings. The summed E-state index contributed by atoms with van der Waals surface area (Å²) >= 11 is 3.37. The average molecular weight is 408 g/mol. The second-order valence-electron chi connectivity index (χ2n) is 5.40. The third kappa shape index (κ3) is 4.73. The van der Waals surface area contributed by atoms with Gasteiger partial charge in [-0.15, -0.1) is 0 Å². The maximum atomic E-state index is 12.2. The minimum Gasteiger partial charge on any atom is -0.507 e. The molecule has 0 unspecified atom stereocenters. The van der Waals surface area contributed by atoms with Crippen LogP contribution in [0, 0.1) is 6.92 Å². The van der Waals surface area contributed by atoms with Gasteiger partial charge in [0, 0.05) is 10.5 Å². The van der Waals surface area contributed by atoms with E-state index in [9.17, 15) is 14.7 Å². The first-order valence-corrected chi connectivity index (χ1v) is 8.26. The number of amides is 1. The van der Waals surface area contributed by atoms with Gasteiger partial charge >= 0.3 is 5.97 Å². The first kappa shape index (κ1) is 18.8. The third-order valence-corrected chi connectivity index (χ3v) is 4.12. The molecule has 0 aliphatic heterocycles. The predicted octanol–water partition coefficient (Wildman–Crippen LogP) is 3.66. The minimum absolute atomic E-state index is 0.0445. The Kier molecular flexibility index (Phi) is 6.03. The van der Waals surface area contributed by atoms with E-state index < -0.39 is 18.0 Å². The Morgan fingerprint density at radius 2 is 1.92 bits per heavy atom. The molecule has 1 atom stereocenters. The van der Waals surface area contributed by atoms with Crippen molar-refractivity contribution in [3.05, 3.63) is 52.0 Å². The van der Waals surface area contributed by atoms with Crippen LogP contribution in [-0.2, 0) is 9.53 Å². The van der Waals surface area contributed by atoms with Gasteiger partial charge < -0.3 is 19.9 Å². The molecule has 132 valence electrons. The number of hydrogen-bond donors (Lipinski definition) is 2. The highest BCUT2D eigenvalue weighted by molar-refractivity contribution is 9.10. The molecule has 7 heteroatoms. The van der Waals surface area contributed by atoms with Gasteiger partial charge in [-0.1, -0.05) is 6.07 Å². The average Bonchev–Trinajstić information content (AvgIpc) is 2.56. The molecular weight excluding hydrogens is 390 g/mol. The van der Waals surface area contributed by atoms with Crippen LogP contribution in [0.25, 0.3) is 0 Å². The Labute approximate surface area is 153 Å². The van der Waals surface area contributed by atoms with Gasteiger partial charge in [0.1, 0.15) is 17.1 Å². The predicted molar refractivity (Wildman–Crippen MR) is 97.0 cm³/mol. The van der Waals surface area contributed by atoms with Crippen molar-refractivity contribution in [3.63, 3.8) is 0 Å². The van der Waals surface area contributed by atoms with E-state index in [0.717, 1.165) is 10.0 Å². The zero-order valence-corrected chi connectivity index (χ0v) is 15.6. The van der Waals surface area contributed by atoms with Gasteiger partial charge in [-0.3, -0.25) is 4.79 Å². The Balaban J connectivity index is 2.04. The lowest BCUT2D eigenvalue weighted by molar-refractivity contribution is -0.123. The molecule has 6 nitrogen and oxygen atoms in total. The summed E-state index contributed by atoms with van der Waals surface area (Å²) in [5, 5.41) is 12.5. The van der Waals surface area contributed by atoms with E-state index in [-0.39, 0.29) is 11.3 Å². The largest absolute Gasteiger partial charge is 0.507 e. The maximum absolute atomic E-state index is 12.2. The molecule has 0 spiro atoms. The van der Waals surface area contributed by atoms with Crippen molar-refractivity contribution in [2.24, 2.45) is 0 Å². The second kappa shape index (κ2) is 8.02. The number of aromatic hydroxyl groups is 1. The van der Waals surface area contributed by atoms with Crippen molar-refractivity contribution in [2.45, 2.75) is 20.0 Å². The Bertz CT molecular complexity index is 806. The third-order valence-electron chi connectivity index (χ3n) is 3.46. The van der Waals surface area contributed by atoms with Crippen molar-refractivity contribution in [1.82, 2.24) is 0 Å². The highest BCUT2D eigenvalue weighted by Gasteiger charge is 2.21. The van der Waals surface area contributed by atoms with E-state index >= 15 is 0 Å². The van der Waals surface area contributed by atoms with Crippen LogP contribution in [-0.4, -0.2) is 30.2 Å². The number of hydrogen-bond acceptors (Lipinski definition) is 5. The van der Waals surface area contributed by atoms with Crippen LogP contribution in [0.2, 0.25) is 0 Å². The van der Waals surface area contributed by atoms with Gasteiger partial charge in [-0.25, -0.2) is 4.79 Å². The van der Waals surface area contributed by atoms with Crippen LogP contribution >= 0.6 is 15.9 Å². The van der Waals surface area contributed by atoms with Crippen LogP contribution in [0.3, 0.4) is 0 Å². The number of carbonyl (C=O) groups excluding carboxylic acids is 2. The monoisotopic (exact) mass is 407 g/mol. The molecule has 0 aromatic heterocycles. The fraction of sp³-hybridized carbons (Fsp3) is 0.222. The highest BCUT2D eigenvalue weighted by atomic mass is 79.9. The molecule has 0 radical (unpaired) electrons. The number of esters is 1. The molecule has 2 aromatic rings. The second-order valence-corrected chi connectivity index (χ2v) is 6.26. The van der Waals surface area contributed by atoms with E-state index in [2.05, 4.69) is 21.2 Å². The summed E-state index contributed by atoms with van der Waals surface area (Å²) in [6, 6.07) is 9.65. The molecule has 25 heavy (non-hydrogen) atoms. The van der Waals surface area contributed by atoms with E-state index in [1.54, 1.807) is 6.07 Å². The number of phenolic OH excluding ortho intramolecular Hbond substituents is 1. The van der Waals surface area contributed by atoms with Crippen LogP contribution < -0.4 is 10.1 Å². The molecule has 0 aliphatic rings. The lowest BCUT2D eigenvalue weighted by Crippen LogP contribution is -2.30. The number of halogens is 1. The van der Waals surface area contributed by atoms with Crippen molar-refractivity contribution in [1.29, 1.82) is 0 Å². The topological polar surface area (TPSA) is 84.9 Å². The molecule has 0 bridgehead atoms. The zero-order chi connectivity index (χ0) is 18.6. The SMILES string of the molecule is COc1ccc(C(=O)O[C@@H](C)C(=O)Nc2ccc(C)cc2Br)c(O)c1. The number of methoxy groups -OCH3 is 1. The van der Waals surface area contributed by atoms with E-state index in [4.69, 9.17) is 9.47 Å². The van der Waals surface area contributed by atoms with Gasteiger partial charge in [-0.2, -0.15) is 0 Å². The fourth-order valence-corrected chi connectivity index (χ4v) is 2.64. The van der Waals surface area contributed by atoms with Crippen molar-refractivity contribution >= 4 is 33.5 Å². The summed E-state index contributed by atoms with van der Waals surface area (Å²) < 4.78 is 10.8. The fourth-order valence-electron chi connectivity index (χ4n) is 2.04. The van der Waals surface area contributed by atoms with Crippen molar-refractivity contribution in [2.75, 3.05) is 12.4 Å². The van der Waals surface area contributed by atoms with E-state index in [1.807, 2.05) is 19.1 Å². The minimum atomic E-state index is -1.04. The lowest BCUT2D eigenvalue weighted by atomic mass is 10.2. The zero-order valence-electron chi connectivity index (χ0n) is 14.0. The summed E-state index contributed by atoms with van der Waals surface area (Å²) in [6.45, 7) is 3.39. The summed E-state index contributed by atoms with van der Waals surface area (Å²) in [5.74, 6) is -1.15. The highest BCUT2D eigenvalue weighted by Crippen LogP contribution is 2.25. The van der Waals surface area contributed by atoms with Crippen LogP contribution in [0.5, 0.6) is 11.5 Å².